The number of nitrogen functional groups attached to an aromatic ring is 1. The number of halogens is 1. The fourth-order valence-corrected chi connectivity index (χ4v) is 2.80. The summed E-state index contributed by atoms with van der Waals surface area (Å²) in [6.07, 6.45) is 2.38. The predicted octanol–water partition coefficient (Wildman–Crippen LogP) is 1.80. The Kier molecular flexibility index (Phi) is 4.43. The van der Waals surface area contributed by atoms with Crippen LogP contribution in [0.4, 0.5) is 10.1 Å². The molecule has 0 spiro atoms. The third kappa shape index (κ3) is 3.47. The van der Waals surface area contributed by atoms with E-state index in [0.29, 0.717) is 30.5 Å². The fourth-order valence-electron chi connectivity index (χ4n) is 2.80. The van der Waals surface area contributed by atoms with E-state index in [0.717, 1.165) is 0 Å². The highest BCUT2D eigenvalue weighted by atomic mass is 19.1. The summed E-state index contributed by atoms with van der Waals surface area (Å²) in [6, 6.07) is 8.03. The van der Waals surface area contributed by atoms with Crippen molar-refractivity contribution in [2.45, 2.75) is 18.4 Å². The average molecular weight is 339 g/mol. The van der Waals surface area contributed by atoms with E-state index in [1.54, 1.807) is 31.3 Å². The standard InChI is InChI=1S/C19H18FN3O2/c1-23-9-3-7-19(25,18(23)24)8-6-13-4-2-5-14(10-13)17-16(20)11-15(21)12-22-17/h2,4-5,10-12,25H,3,7,9,21H2,1H3/t19-/m1/s1. The van der Waals surface area contributed by atoms with Crippen LogP contribution < -0.4 is 5.73 Å². The minimum atomic E-state index is -1.67. The molecule has 1 fully saturated rings. The molecule has 6 heteroatoms. The second-order valence-corrected chi connectivity index (χ2v) is 6.12. The van der Waals surface area contributed by atoms with Crippen LogP contribution in [-0.4, -0.2) is 40.1 Å². The molecule has 0 aliphatic carbocycles. The zero-order valence-electron chi connectivity index (χ0n) is 13.8. The molecule has 1 aromatic carbocycles. The summed E-state index contributed by atoms with van der Waals surface area (Å²) in [7, 11) is 1.64. The number of rotatable bonds is 1. The highest BCUT2D eigenvalue weighted by molar-refractivity contribution is 5.89. The molecular weight excluding hydrogens is 321 g/mol. The van der Waals surface area contributed by atoms with Crippen molar-refractivity contribution >= 4 is 11.6 Å². The Morgan fingerprint density at radius 2 is 2.20 bits per heavy atom. The molecule has 2 heterocycles. The Morgan fingerprint density at radius 1 is 1.40 bits per heavy atom. The van der Waals surface area contributed by atoms with E-state index in [9.17, 15) is 14.3 Å². The number of nitrogens with two attached hydrogens (primary N) is 1. The van der Waals surface area contributed by atoms with Crippen molar-refractivity contribution in [3.8, 4) is 23.1 Å². The van der Waals surface area contributed by atoms with Gasteiger partial charge in [-0.25, -0.2) is 4.39 Å². The van der Waals surface area contributed by atoms with Gasteiger partial charge in [-0.2, -0.15) is 0 Å². The number of aliphatic hydroxyl groups is 1. The first kappa shape index (κ1) is 16.9. The van der Waals surface area contributed by atoms with Gasteiger partial charge in [0.25, 0.3) is 5.91 Å². The van der Waals surface area contributed by atoms with Gasteiger partial charge in [-0.1, -0.05) is 24.0 Å². The fraction of sp³-hybridized carbons (Fsp3) is 0.263. The molecule has 3 N–H and O–H groups in total. The lowest BCUT2D eigenvalue weighted by molar-refractivity contribution is -0.148. The number of likely N-dealkylation sites (tertiary alicyclic amines) is 1. The molecule has 1 aromatic heterocycles. The van der Waals surface area contributed by atoms with Gasteiger partial charge >= 0.3 is 0 Å². The average Bonchev–Trinajstić information content (AvgIpc) is 2.58. The lowest BCUT2D eigenvalue weighted by Gasteiger charge is -2.32. The summed E-state index contributed by atoms with van der Waals surface area (Å²) in [4.78, 5) is 17.6. The van der Waals surface area contributed by atoms with Crippen molar-refractivity contribution in [3.05, 3.63) is 47.9 Å². The zero-order chi connectivity index (χ0) is 18.0. The van der Waals surface area contributed by atoms with Crippen molar-refractivity contribution in [2.24, 2.45) is 0 Å². The molecule has 1 saturated heterocycles. The maximum atomic E-state index is 14.0. The van der Waals surface area contributed by atoms with Crippen molar-refractivity contribution in [1.82, 2.24) is 9.88 Å². The Morgan fingerprint density at radius 3 is 2.96 bits per heavy atom. The highest BCUT2D eigenvalue weighted by Gasteiger charge is 2.39. The lowest BCUT2D eigenvalue weighted by atomic mass is 9.92. The second kappa shape index (κ2) is 6.54. The van der Waals surface area contributed by atoms with E-state index in [4.69, 9.17) is 5.73 Å². The van der Waals surface area contributed by atoms with Crippen LogP contribution in [0.2, 0.25) is 0 Å². The van der Waals surface area contributed by atoms with Crippen molar-refractivity contribution in [2.75, 3.05) is 19.3 Å². The zero-order valence-corrected chi connectivity index (χ0v) is 13.8. The summed E-state index contributed by atoms with van der Waals surface area (Å²) in [5.41, 5.74) is 5.37. The number of amides is 1. The maximum Gasteiger partial charge on any atom is 0.267 e. The minimum Gasteiger partial charge on any atom is -0.397 e. The highest BCUT2D eigenvalue weighted by Crippen LogP contribution is 2.24. The number of carbonyl (C=O) groups excluding carboxylic acids is 1. The Balaban J connectivity index is 1.92. The van der Waals surface area contributed by atoms with Crippen LogP contribution in [0.1, 0.15) is 18.4 Å². The van der Waals surface area contributed by atoms with E-state index in [1.165, 1.54) is 17.2 Å². The van der Waals surface area contributed by atoms with Gasteiger partial charge in [-0.05, 0) is 25.0 Å². The van der Waals surface area contributed by atoms with Crippen molar-refractivity contribution < 1.29 is 14.3 Å². The first-order valence-electron chi connectivity index (χ1n) is 7.92. The van der Waals surface area contributed by atoms with Crippen molar-refractivity contribution in [3.63, 3.8) is 0 Å². The lowest BCUT2D eigenvalue weighted by Crippen LogP contribution is -2.51. The molecule has 1 amide bonds. The number of benzene rings is 1. The van der Waals surface area contributed by atoms with Crippen LogP contribution in [-0.2, 0) is 4.79 Å². The van der Waals surface area contributed by atoms with Gasteiger partial charge in [0.05, 0.1) is 11.9 Å². The largest absolute Gasteiger partial charge is 0.397 e. The number of likely N-dealkylation sites (N-methyl/N-ethyl adjacent to an activating group) is 1. The molecule has 1 aliphatic heterocycles. The van der Waals surface area contributed by atoms with Crippen molar-refractivity contribution in [1.29, 1.82) is 0 Å². The molecule has 1 atom stereocenters. The van der Waals surface area contributed by atoms with E-state index in [-0.39, 0.29) is 11.4 Å². The first-order valence-corrected chi connectivity index (χ1v) is 7.92. The number of carbonyl (C=O) groups is 1. The molecule has 128 valence electrons. The number of hydrogen-bond acceptors (Lipinski definition) is 4. The topological polar surface area (TPSA) is 79.4 Å². The molecule has 5 nitrogen and oxygen atoms in total. The first-order chi connectivity index (χ1) is 11.9. The van der Waals surface area contributed by atoms with Gasteiger partial charge in [0.15, 0.2) is 5.82 Å². The number of piperidine rings is 1. The normalized spacial score (nSPS) is 20.1. The summed E-state index contributed by atoms with van der Waals surface area (Å²) >= 11 is 0. The van der Waals surface area contributed by atoms with E-state index >= 15 is 0 Å². The smallest absolute Gasteiger partial charge is 0.267 e. The number of hydrogen-bond donors (Lipinski definition) is 2. The minimum absolute atomic E-state index is 0.171. The summed E-state index contributed by atoms with van der Waals surface area (Å²) in [6.45, 7) is 0.612. The quantitative estimate of drug-likeness (QED) is 0.777. The number of pyridine rings is 1. The molecule has 0 bridgehead atoms. The van der Waals surface area contributed by atoms with E-state index in [1.807, 2.05) is 0 Å². The Hall–Kier alpha value is -2.91. The SMILES string of the molecule is CN1CCC[C@@](O)(C#Cc2cccc(-c3ncc(N)cc3F)c2)C1=O. The Bertz CT molecular complexity index is 888. The molecule has 2 aromatic rings. The van der Waals surface area contributed by atoms with Crippen LogP contribution in [0.15, 0.2) is 36.5 Å². The third-order valence-corrected chi connectivity index (χ3v) is 4.14. The van der Waals surface area contributed by atoms with Gasteiger partial charge in [0, 0.05) is 30.8 Å². The van der Waals surface area contributed by atoms with Gasteiger partial charge in [-0.15, -0.1) is 0 Å². The Labute approximate surface area is 145 Å². The molecule has 0 radical (unpaired) electrons. The monoisotopic (exact) mass is 339 g/mol. The molecule has 3 rings (SSSR count). The van der Waals surface area contributed by atoms with Crippen LogP contribution >= 0.6 is 0 Å². The van der Waals surface area contributed by atoms with Gasteiger partial charge < -0.3 is 15.7 Å². The van der Waals surface area contributed by atoms with Gasteiger partial charge in [-0.3, -0.25) is 9.78 Å². The van der Waals surface area contributed by atoms with Crippen LogP contribution in [0.25, 0.3) is 11.3 Å². The number of nitrogens with zero attached hydrogens (tertiary/aromatic N) is 2. The van der Waals surface area contributed by atoms with Gasteiger partial charge in [0.1, 0.15) is 5.69 Å². The summed E-state index contributed by atoms with van der Waals surface area (Å²) < 4.78 is 14.0. The second-order valence-electron chi connectivity index (χ2n) is 6.12. The molecule has 0 unspecified atom stereocenters. The number of aromatic nitrogens is 1. The molecule has 0 saturated carbocycles. The predicted molar refractivity (Wildman–Crippen MR) is 92.7 cm³/mol. The van der Waals surface area contributed by atoms with E-state index < -0.39 is 17.3 Å². The summed E-state index contributed by atoms with van der Waals surface area (Å²) in [5.74, 6) is 4.59. The third-order valence-electron chi connectivity index (χ3n) is 4.14. The summed E-state index contributed by atoms with van der Waals surface area (Å²) in [5, 5.41) is 10.5. The maximum absolute atomic E-state index is 14.0. The van der Waals surface area contributed by atoms with Crippen LogP contribution in [0.3, 0.4) is 0 Å². The molecule has 1 aliphatic rings. The molecular formula is C19H18FN3O2. The van der Waals surface area contributed by atoms with E-state index in [2.05, 4.69) is 16.8 Å². The molecule has 25 heavy (non-hydrogen) atoms. The van der Waals surface area contributed by atoms with Gasteiger partial charge in [0.2, 0.25) is 5.60 Å². The van der Waals surface area contributed by atoms with Crippen LogP contribution in [0, 0.1) is 17.7 Å². The van der Waals surface area contributed by atoms with Crippen LogP contribution in [0.5, 0.6) is 0 Å². The number of anilines is 1.